The lowest BCUT2D eigenvalue weighted by Gasteiger charge is -2.21. The predicted molar refractivity (Wildman–Crippen MR) is 78.5 cm³/mol. The first-order valence-electron chi connectivity index (χ1n) is 7.60. The fraction of sp³-hybridized carbons (Fsp3) is 0.867. The molecule has 1 aliphatic carbocycles. The largest absolute Gasteiger partial charge is 0.480 e. The molecule has 1 rings (SSSR count). The molecule has 0 bridgehead atoms. The zero-order valence-electron chi connectivity index (χ0n) is 12.9. The summed E-state index contributed by atoms with van der Waals surface area (Å²) in [6, 6.07) is 0.150. The normalized spacial score (nSPS) is 16.4. The van der Waals surface area contributed by atoms with Gasteiger partial charge in [-0.1, -0.05) is 13.8 Å². The van der Waals surface area contributed by atoms with Crippen LogP contribution in [-0.4, -0.2) is 47.6 Å². The van der Waals surface area contributed by atoms with Crippen LogP contribution in [0.1, 0.15) is 46.5 Å². The van der Waals surface area contributed by atoms with Crippen LogP contribution in [0.3, 0.4) is 0 Å². The lowest BCUT2D eigenvalue weighted by Crippen LogP contribution is -2.43. The highest BCUT2D eigenvalue weighted by Gasteiger charge is 2.26. The van der Waals surface area contributed by atoms with E-state index >= 15 is 0 Å². The quantitative estimate of drug-likeness (QED) is 0.641. The van der Waals surface area contributed by atoms with Gasteiger partial charge < -0.3 is 10.4 Å². The monoisotopic (exact) mass is 284 g/mol. The highest BCUT2D eigenvalue weighted by atomic mass is 16.4. The Kier molecular flexibility index (Phi) is 6.99. The molecule has 0 saturated heterocycles. The van der Waals surface area contributed by atoms with Gasteiger partial charge >= 0.3 is 5.97 Å². The Morgan fingerprint density at radius 2 is 1.85 bits per heavy atom. The maximum absolute atomic E-state index is 11.9. The molecule has 1 atom stereocenters. The maximum atomic E-state index is 11.9. The second-order valence-corrected chi connectivity index (χ2v) is 6.45. The number of carboxylic acid groups (broad SMARTS) is 1. The summed E-state index contributed by atoms with van der Waals surface area (Å²) >= 11 is 0. The fourth-order valence-corrected chi connectivity index (χ4v) is 2.22. The summed E-state index contributed by atoms with van der Waals surface area (Å²) < 4.78 is 0. The van der Waals surface area contributed by atoms with Gasteiger partial charge in [0.15, 0.2) is 0 Å². The van der Waals surface area contributed by atoms with E-state index in [4.69, 9.17) is 5.11 Å². The molecule has 5 heteroatoms. The zero-order chi connectivity index (χ0) is 15.1. The van der Waals surface area contributed by atoms with Crippen molar-refractivity contribution in [2.45, 2.75) is 52.5 Å². The Bertz CT molecular complexity index is 327. The number of aliphatic carboxylic acids is 1. The van der Waals surface area contributed by atoms with E-state index in [1.807, 2.05) is 6.92 Å². The third kappa shape index (κ3) is 8.15. The van der Waals surface area contributed by atoms with Crippen LogP contribution < -0.4 is 5.32 Å². The molecular formula is C15H28N2O3. The molecule has 1 aliphatic rings. The summed E-state index contributed by atoms with van der Waals surface area (Å²) in [5.74, 6) is 0.280. The van der Waals surface area contributed by atoms with Crippen LogP contribution in [0.25, 0.3) is 0 Å². The van der Waals surface area contributed by atoms with Crippen LogP contribution in [-0.2, 0) is 9.59 Å². The highest BCUT2D eigenvalue weighted by molar-refractivity contribution is 5.79. The standard InChI is InChI=1S/C15H28N2O3/c1-11(2)4-5-12(3)16-14(18)9-17(10-15(19)20)8-13-6-7-13/h11-13H,4-10H2,1-3H3,(H,16,18)(H,19,20). The number of carbonyl (C=O) groups is 2. The average Bonchev–Trinajstić information content (AvgIpc) is 3.08. The Morgan fingerprint density at radius 3 is 2.35 bits per heavy atom. The van der Waals surface area contributed by atoms with Crippen LogP contribution in [0.15, 0.2) is 0 Å². The first-order chi connectivity index (χ1) is 9.36. The van der Waals surface area contributed by atoms with Crippen LogP contribution in [0, 0.1) is 11.8 Å². The van der Waals surface area contributed by atoms with Crippen molar-refractivity contribution < 1.29 is 14.7 Å². The van der Waals surface area contributed by atoms with Crippen molar-refractivity contribution in [3.63, 3.8) is 0 Å². The second-order valence-electron chi connectivity index (χ2n) is 6.45. The molecule has 0 spiro atoms. The lowest BCUT2D eigenvalue weighted by atomic mass is 10.0. The van der Waals surface area contributed by atoms with Gasteiger partial charge in [0.2, 0.25) is 5.91 Å². The van der Waals surface area contributed by atoms with Gasteiger partial charge in [0, 0.05) is 12.6 Å². The molecule has 20 heavy (non-hydrogen) atoms. The molecule has 1 saturated carbocycles. The van der Waals surface area contributed by atoms with Crippen molar-refractivity contribution >= 4 is 11.9 Å². The number of carboxylic acids is 1. The smallest absolute Gasteiger partial charge is 0.317 e. The van der Waals surface area contributed by atoms with E-state index in [2.05, 4.69) is 19.2 Å². The van der Waals surface area contributed by atoms with E-state index in [-0.39, 0.29) is 25.0 Å². The molecule has 116 valence electrons. The van der Waals surface area contributed by atoms with Gasteiger partial charge in [-0.25, -0.2) is 0 Å². The van der Waals surface area contributed by atoms with E-state index in [9.17, 15) is 9.59 Å². The minimum atomic E-state index is -0.869. The van der Waals surface area contributed by atoms with E-state index < -0.39 is 5.97 Å². The van der Waals surface area contributed by atoms with E-state index in [0.29, 0.717) is 11.8 Å². The van der Waals surface area contributed by atoms with Crippen molar-refractivity contribution in [2.75, 3.05) is 19.6 Å². The number of rotatable bonds is 10. The summed E-state index contributed by atoms with van der Waals surface area (Å²) in [5.41, 5.74) is 0. The number of carbonyl (C=O) groups excluding carboxylic acids is 1. The Hall–Kier alpha value is -1.10. The average molecular weight is 284 g/mol. The van der Waals surface area contributed by atoms with Crippen LogP contribution >= 0.6 is 0 Å². The molecule has 1 amide bonds. The van der Waals surface area contributed by atoms with Gasteiger partial charge in [-0.2, -0.15) is 0 Å². The summed E-state index contributed by atoms with van der Waals surface area (Å²) in [6.07, 6.45) is 4.36. The lowest BCUT2D eigenvalue weighted by molar-refractivity contribution is -0.138. The van der Waals surface area contributed by atoms with E-state index in [1.54, 1.807) is 4.90 Å². The Morgan fingerprint density at radius 1 is 1.20 bits per heavy atom. The summed E-state index contributed by atoms with van der Waals surface area (Å²) in [5, 5.41) is 11.8. The maximum Gasteiger partial charge on any atom is 0.317 e. The number of hydrogen-bond acceptors (Lipinski definition) is 3. The molecule has 1 unspecified atom stereocenters. The number of nitrogens with one attached hydrogen (secondary N) is 1. The fourth-order valence-electron chi connectivity index (χ4n) is 2.22. The molecular weight excluding hydrogens is 256 g/mol. The zero-order valence-corrected chi connectivity index (χ0v) is 12.9. The third-order valence-corrected chi connectivity index (χ3v) is 3.52. The van der Waals surface area contributed by atoms with E-state index in [0.717, 1.165) is 32.2 Å². The Balaban J connectivity index is 2.30. The van der Waals surface area contributed by atoms with Crippen LogP contribution in [0.4, 0.5) is 0 Å². The summed E-state index contributed by atoms with van der Waals surface area (Å²) in [7, 11) is 0. The van der Waals surface area contributed by atoms with Gasteiger partial charge in [0.05, 0.1) is 13.1 Å². The molecule has 1 fully saturated rings. The van der Waals surface area contributed by atoms with Crippen molar-refractivity contribution in [1.29, 1.82) is 0 Å². The first-order valence-corrected chi connectivity index (χ1v) is 7.60. The molecule has 0 aromatic heterocycles. The summed E-state index contributed by atoms with van der Waals surface area (Å²) in [4.78, 5) is 24.5. The molecule has 0 aromatic rings. The van der Waals surface area contributed by atoms with Crippen LogP contribution in [0.5, 0.6) is 0 Å². The second kappa shape index (κ2) is 8.25. The van der Waals surface area contributed by atoms with Gasteiger partial charge in [0.25, 0.3) is 0 Å². The minimum absolute atomic E-state index is 0.0513. The SMILES string of the molecule is CC(C)CCC(C)NC(=O)CN(CC(=O)O)CC1CC1. The summed E-state index contributed by atoms with van der Waals surface area (Å²) in [6.45, 7) is 7.19. The highest BCUT2D eigenvalue weighted by Crippen LogP contribution is 2.29. The molecule has 5 nitrogen and oxygen atoms in total. The predicted octanol–water partition coefficient (Wildman–Crippen LogP) is 1.72. The molecule has 0 heterocycles. The molecule has 0 aliphatic heterocycles. The minimum Gasteiger partial charge on any atom is -0.480 e. The number of amides is 1. The van der Waals surface area contributed by atoms with Crippen molar-refractivity contribution in [3.05, 3.63) is 0 Å². The third-order valence-electron chi connectivity index (χ3n) is 3.52. The van der Waals surface area contributed by atoms with Crippen LogP contribution in [0.2, 0.25) is 0 Å². The Labute approximate surface area is 121 Å². The van der Waals surface area contributed by atoms with Crippen molar-refractivity contribution in [1.82, 2.24) is 10.2 Å². The molecule has 2 N–H and O–H groups in total. The topological polar surface area (TPSA) is 69.6 Å². The van der Waals surface area contributed by atoms with Gasteiger partial charge in [-0.15, -0.1) is 0 Å². The van der Waals surface area contributed by atoms with Gasteiger partial charge in [0.1, 0.15) is 0 Å². The number of hydrogen-bond donors (Lipinski definition) is 2. The first kappa shape index (κ1) is 17.0. The molecule has 0 aromatic carbocycles. The molecule has 0 radical (unpaired) electrons. The van der Waals surface area contributed by atoms with Crippen molar-refractivity contribution in [3.8, 4) is 0 Å². The number of nitrogens with zero attached hydrogens (tertiary/aromatic N) is 1. The van der Waals surface area contributed by atoms with E-state index in [1.165, 1.54) is 0 Å². The van der Waals surface area contributed by atoms with Crippen molar-refractivity contribution in [2.24, 2.45) is 11.8 Å². The van der Waals surface area contributed by atoms with Gasteiger partial charge in [-0.05, 0) is 44.4 Å². The van der Waals surface area contributed by atoms with Gasteiger partial charge in [-0.3, -0.25) is 14.5 Å².